The lowest BCUT2D eigenvalue weighted by Crippen LogP contribution is -2.18. The van der Waals surface area contributed by atoms with Crippen LogP contribution >= 0.6 is 0 Å². The van der Waals surface area contributed by atoms with Crippen molar-refractivity contribution in [2.24, 2.45) is 14.1 Å². The van der Waals surface area contributed by atoms with Crippen LogP contribution in [0.5, 0.6) is 5.75 Å². The van der Waals surface area contributed by atoms with Crippen LogP contribution < -0.4 is 10.1 Å². The van der Waals surface area contributed by atoms with Crippen LogP contribution in [0, 0.1) is 6.92 Å². The fourth-order valence-electron chi connectivity index (χ4n) is 3.13. The molecule has 6 heteroatoms. The van der Waals surface area contributed by atoms with Gasteiger partial charge in [-0.3, -0.25) is 9.48 Å². The number of methoxy groups -OCH3 is 1. The number of aryl methyl sites for hydroxylation is 3. The molecule has 0 aliphatic rings. The molecular weight excluding hydrogens is 304 g/mol. The van der Waals surface area contributed by atoms with Gasteiger partial charge >= 0.3 is 0 Å². The topological polar surface area (TPSA) is 61.1 Å². The molecule has 0 radical (unpaired) electrons. The highest BCUT2D eigenvalue weighted by molar-refractivity contribution is 6.06. The molecule has 0 unspecified atom stereocenters. The number of fused-ring (bicyclic) bond motifs is 1. The van der Waals surface area contributed by atoms with E-state index in [0.29, 0.717) is 5.69 Å². The van der Waals surface area contributed by atoms with E-state index in [4.69, 9.17) is 4.74 Å². The third kappa shape index (κ3) is 2.54. The minimum Gasteiger partial charge on any atom is -0.497 e. The minimum atomic E-state index is -0.148. The quantitative estimate of drug-likeness (QED) is 0.801. The molecule has 0 aliphatic heterocycles. The molecule has 126 valence electrons. The Labute approximate surface area is 141 Å². The molecule has 0 saturated heterocycles. The van der Waals surface area contributed by atoms with Crippen molar-refractivity contribution in [3.63, 3.8) is 0 Å². The van der Waals surface area contributed by atoms with Gasteiger partial charge in [0.1, 0.15) is 17.3 Å². The first kappa shape index (κ1) is 16.1. The van der Waals surface area contributed by atoms with Crippen molar-refractivity contribution in [2.75, 3.05) is 12.4 Å². The standard InChI is InChI=1S/C18H22N4O2/c1-6-14-11(2)20-22(4)17(14)19-18(23)16-10-12-9-13(24-5)7-8-15(12)21(16)3/h7-10H,6H2,1-5H3,(H,19,23). The van der Waals surface area contributed by atoms with Crippen LogP contribution in [-0.2, 0) is 20.5 Å². The number of rotatable bonds is 4. The fourth-order valence-corrected chi connectivity index (χ4v) is 3.13. The summed E-state index contributed by atoms with van der Waals surface area (Å²) < 4.78 is 8.86. The van der Waals surface area contributed by atoms with Crippen molar-refractivity contribution in [2.45, 2.75) is 20.3 Å². The summed E-state index contributed by atoms with van der Waals surface area (Å²) in [7, 11) is 5.36. The van der Waals surface area contributed by atoms with Gasteiger partial charge in [-0.05, 0) is 37.6 Å². The van der Waals surface area contributed by atoms with Gasteiger partial charge in [-0.15, -0.1) is 0 Å². The van der Waals surface area contributed by atoms with Gasteiger partial charge in [0.2, 0.25) is 0 Å². The molecular formula is C18H22N4O2. The van der Waals surface area contributed by atoms with Gasteiger partial charge in [0.25, 0.3) is 5.91 Å². The third-order valence-corrected chi connectivity index (χ3v) is 4.41. The number of hydrogen-bond donors (Lipinski definition) is 1. The maximum Gasteiger partial charge on any atom is 0.273 e. The second-order valence-electron chi connectivity index (χ2n) is 5.86. The van der Waals surface area contributed by atoms with E-state index in [1.54, 1.807) is 11.8 Å². The molecule has 0 fully saturated rings. The van der Waals surface area contributed by atoms with Gasteiger partial charge in [-0.25, -0.2) is 0 Å². The summed E-state index contributed by atoms with van der Waals surface area (Å²) in [6.07, 6.45) is 0.821. The first-order valence-electron chi connectivity index (χ1n) is 7.93. The highest BCUT2D eigenvalue weighted by Crippen LogP contribution is 2.25. The number of nitrogens with zero attached hydrogens (tertiary/aromatic N) is 3. The molecule has 3 aromatic rings. The lowest BCUT2D eigenvalue weighted by molar-refractivity contribution is 0.101. The summed E-state index contributed by atoms with van der Waals surface area (Å²) in [6, 6.07) is 7.65. The molecule has 1 N–H and O–H groups in total. The number of aromatic nitrogens is 3. The van der Waals surface area contributed by atoms with Crippen molar-refractivity contribution in [3.05, 3.63) is 41.2 Å². The van der Waals surface area contributed by atoms with Crippen molar-refractivity contribution in [1.82, 2.24) is 14.3 Å². The van der Waals surface area contributed by atoms with Crippen LogP contribution in [0.15, 0.2) is 24.3 Å². The van der Waals surface area contributed by atoms with Crippen LogP contribution in [0.25, 0.3) is 10.9 Å². The Hall–Kier alpha value is -2.76. The van der Waals surface area contributed by atoms with Gasteiger partial charge in [-0.2, -0.15) is 5.10 Å². The normalized spacial score (nSPS) is 11.0. The Morgan fingerprint density at radius 2 is 2.04 bits per heavy atom. The second kappa shape index (κ2) is 6.03. The predicted molar refractivity (Wildman–Crippen MR) is 94.7 cm³/mol. The van der Waals surface area contributed by atoms with Crippen LogP contribution in [0.4, 0.5) is 5.82 Å². The zero-order chi connectivity index (χ0) is 17.4. The van der Waals surface area contributed by atoms with Gasteiger partial charge in [0, 0.05) is 30.6 Å². The number of anilines is 1. The largest absolute Gasteiger partial charge is 0.497 e. The van der Waals surface area contributed by atoms with Crippen molar-refractivity contribution in [1.29, 1.82) is 0 Å². The van der Waals surface area contributed by atoms with Gasteiger partial charge < -0.3 is 14.6 Å². The zero-order valence-electron chi connectivity index (χ0n) is 14.7. The molecule has 1 aromatic carbocycles. The number of benzene rings is 1. The summed E-state index contributed by atoms with van der Waals surface area (Å²) in [5, 5.41) is 8.37. The first-order chi connectivity index (χ1) is 11.5. The van der Waals surface area contributed by atoms with Crippen LogP contribution in [0.3, 0.4) is 0 Å². The summed E-state index contributed by atoms with van der Waals surface area (Å²) in [5.41, 5.74) is 3.58. The van der Waals surface area contributed by atoms with Crippen LogP contribution in [0.2, 0.25) is 0 Å². The molecule has 3 rings (SSSR count). The van der Waals surface area contributed by atoms with Crippen molar-refractivity contribution >= 4 is 22.6 Å². The molecule has 6 nitrogen and oxygen atoms in total. The summed E-state index contributed by atoms with van der Waals surface area (Å²) >= 11 is 0. The molecule has 1 amide bonds. The number of carbonyl (C=O) groups is 1. The smallest absolute Gasteiger partial charge is 0.273 e. The molecule has 0 saturated carbocycles. The van der Waals surface area contributed by atoms with E-state index in [1.165, 1.54) is 0 Å². The molecule has 2 aromatic heterocycles. The molecule has 0 spiro atoms. The number of hydrogen-bond acceptors (Lipinski definition) is 3. The Bertz CT molecular complexity index is 921. The number of nitrogens with one attached hydrogen (secondary N) is 1. The Morgan fingerprint density at radius 1 is 1.29 bits per heavy atom. The highest BCUT2D eigenvalue weighted by Gasteiger charge is 2.18. The Balaban J connectivity index is 1.99. The number of ether oxygens (including phenoxy) is 1. The fraction of sp³-hybridized carbons (Fsp3) is 0.333. The van der Waals surface area contributed by atoms with E-state index < -0.39 is 0 Å². The van der Waals surface area contributed by atoms with E-state index in [9.17, 15) is 4.79 Å². The lowest BCUT2D eigenvalue weighted by Gasteiger charge is -2.09. The van der Waals surface area contributed by atoms with Crippen molar-refractivity contribution in [3.8, 4) is 5.75 Å². The number of carbonyl (C=O) groups excluding carboxylic acids is 1. The predicted octanol–water partition coefficient (Wildman–Crippen LogP) is 3.04. The average Bonchev–Trinajstić information content (AvgIpc) is 3.03. The first-order valence-corrected chi connectivity index (χ1v) is 7.93. The summed E-state index contributed by atoms with van der Waals surface area (Å²) in [5.74, 6) is 1.38. The molecule has 0 atom stereocenters. The summed E-state index contributed by atoms with van der Waals surface area (Å²) in [4.78, 5) is 12.8. The Morgan fingerprint density at radius 3 is 2.71 bits per heavy atom. The zero-order valence-corrected chi connectivity index (χ0v) is 14.7. The third-order valence-electron chi connectivity index (χ3n) is 4.41. The second-order valence-corrected chi connectivity index (χ2v) is 5.86. The lowest BCUT2D eigenvalue weighted by atomic mass is 10.2. The summed E-state index contributed by atoms with van der Waals surface area (Å²) in [6.45, 7) is 4.01. The average molecular weight is 326 g/mol. The highest BCUT2D eigenvalue weighted by atomic mass is 16.5. The molecule has 0 bridgehead atoms. The number of amides is 1. The van der Waals surface area contributed by atoms with E-state index in [2.05, 4.69) is 17.3 Å². The SMILES string of the molecule is CCc1c(C)nn(C)c1NC(=O)c1cc2cc(OC)ccc2n1C. The van der Waals surface area contributed by atoms with Gasteiger partial charge in [0.15, 0.2) is 0 Å². The van der Waals surface area contributed by atoms with E-state index in [0.717, 1.165) is 40.1 Å². The Kier molecular flexibility index (Phi) is 4.05. The van der Waals surface area contributed by atoms with Gasteiger partial charge in [-0.1, -0.05) is 6.92 Å². The van der Waals surface area contributed by atoms with Crippen molar-refractivity contribution < 1.29 is 9.53 Å². The van der Waals surface area contributed by atoms with E-state index in [1.807, 2.05) is 49.9 Å². The van der Waals surface area contributed by atoms with Gasteiger partial charge in [0.05, 0.1) is 12.8 Å². The van der Waals surface area contributed by atoms with Crippen LogP contribution in [-0.4, -0.2) is 27.4 Å². The molecule has 2 heterocycles. The molecule has 0 aliphatic carbocycles. The van der Waals surface area contributed by atoms with E-state index in [-0.39, 0.29) is 5.91 Å². The minimum absolute atomic E-state index is 0.148. The monoisotopic (exact) mass is 326 g/mol. The van der Waals surface area contributed by atoms with E-state index >= 15 is 0 Å². The molecule has 24 heavy (non-hydrogen) atoms. The van der Waals surface area contributed by atoms with Crippen LogP contribution in [0.1, 0.15) is 28.7 Å². The maximum atomic E-state index is 12.8. The maximum absolute atomic E-state index is 12.8.